The fraction of sp³-hybridized carbons (Fsp3) is 0.947. The summed E-state index contributed by atoms with van der Waals surface area (Å²) in [5.74, 6) is 0.574. The Labute approximate surface area is 138 Å². The van der Waals surface area contributed by atoms with Crippen LogP contribution >= 0.6 is 0 Å². The van der Waals surface area contributed by atoms with Crippen LogP contribution in [0.25, 0.3) is 0 Å². The van der Waals surface area contributed by atoms with Crippen molar-refractivity contribution < 1.29 is 9.53 Å². The first kappa shape index (κ1) is 21.4. The number of unbranched alkanes of at least 4 members (excludes halogenated alkanes) is 6. The first-order chi connectivity index (χ1) is 10.7. The Morgan fingerprint density at radius 3 is 2.27 bits per heavy atom. The average molecular weight is 314 g/mol. The van der Waals surface area contributed by atoms with Gasteiger partial charge in [0.25, 0.3) is 0 Å². The van der Waals surface area contributed by atoms with Gasteiger partial charge in [-0.1, -0.05) is 58.8 Å². The molecule has 3 nitrogen and oxygen atoms in total. The number of carbonyl (C=O) groups excluding carboxylic acids is 1. The van der Waals surface area contributed by atoms with E-state index in [9.17, 15) is 4.79 Å². The van der Waals surface area contributed by atoms with E-state index < -0.39 is 0 Å². The summed E-state index contributed by atoms with van der Waals surface area (Å²) in [6.07, 6.45) is 13.9. The Balaban J connectivity index is 3.76. The van der Waals surface area contributed by atoms with Gasteiger partial charge in [-0.3, -0.25) is 4.79 Å². The van der Waals surface area contributed by atoms with Crippen LogP contribution < -0.4 is 5.32 Å². The molecule has 0 bridgehead atoms. The summed E-state index contributed by atoms with van der Waals surface area (Å²) in [7, 11) is 1.96. The molecule has 3 heteroatoms. The number of hydrogen-bond acceptors (Lipinski definition) is 3. The fourth-order valence-electron chi connectivity index (χ4n) is 2.69. The van der Waals surface area contributed by atoms with Crippen LogP contribution in [0.3, 0.4) is 0 Å². The van der Waals surface area contributed by atoms with E-state index in [2.05, 4.69) is 19.2 Å². The summed E-state index contributed by atoms with van der Waals surface area (Å²) in [6, 6.07) is 0. The molecule has 0 fully saturated rings. The minimum atomic E-state index is -0.000450. The number of rotatable bonds is 16. The van der Waals surface area contributed by atoms with Crippen molar-refractivity contribution in [3.05, 3.63) is 0 Å². The van der Waals surface area contributed by atoms with E-state index in [4.69, 9.17) is 4.74 Å². The smallest absolute Gasteiger partial charge is 0.305 e. The Morgan fingerprint density at radius 1 is 0.909 bits per heavy atom. The van der Waals surface area contributed by atoms with E-state index in [-0.39, 0.29) is 5.97 Å². The Hall–Kier alpha value is -0.570. The number of esters is 1. The van der Waals surface area contributed by atoms with Crippen LogP contribution in [0.15, 0.2) is 0 Å². The highest BCUT2D eigenvalue weighted by Gasteiger charge is 2.11. The molecule has 0 amide bonds. The molecule has 0 saturated heterocycles. The van der Waals surface area contributed by atoms with Crippen molar-refractivity contribution in [3.63, 3.8) is 0 Å². The minimum absolute atomic E-state index is 0.000450. The standard InChI is InChI=1S/C19H39NO2/c1-4-6-8-10-14-18(13-7-5-2)17-22-19(21)15-11-9-12-16-20-3/h18,20H,4-17H2,1-3H3. The minimum Gasteiger partial charge on any atom is -0.465 e. The lowest BCUT2D eigenvalue weighted by atomic mass is 9.96. The largest absolute Gasteiger partial charge is 0.465 e. The van der Waals surface area contributed by atoms with Crippen LogP contribution in [0.4, 0.5) is 0 Å². The van der Waals surface area contributed by atoms with Crippen molar-refractivity contribution in [1.82, 2.24) is 5.32 Å². The molecule has 1 N–H and O–H groups in total. The molecule has 0 aliphatic heterocycles. The molecule has 0 heterocycles. The third-order valence-electron chi connectivity index (χ3n) is 4.22. The van der Waals surface area contributed by atoms with Gasteiger partial charge in [0, 0.05) is 6.42 Å². The normalized spacial score (nSPS) is 12.3. The Bertz CT molecular complexity index is 244. The molecule has 0 aromatic rings. The van der Waals surface area contributed by atoms with Crippen molar-refractivity contribution in [1.29, 1.82) is 0 Å². The van der Waals surface area contributed by atoms with E-state index >= 15 is 0 Å². The summed E-state index contributed by atoms with van der Waals surface area (Å²) < 4.78 is 5.51. The molecular formula is C19H39NO2. The van der Waals surface area contributed by atoms with Gasteiger partial charge in [-0.05, 0) is 45.2 Å². The molecule has 0 saturated carbocycles. The molecule has 0 aliphatic carbocycles. The zero-order chi connectivity index (χ0) is 16.5. The van der Waals surface area contributed by atoms with E-state index in [1.165, 1.54) is 51.4 Å². The molecule has 0 rings (SSSR count). The molecule has 0 aromatic carbocycles. The van der Waals surface area contributed by atoms with E-state index in [1.807, 2.05) is 7.05 Å². The number of carbonyl (C=O) groups is 1. The van der Waals surface area contributed by atoms with Crippen molar-refractivity contribution in [2.45, 2.75) is 90.9 Å². The summed E-state index contributed by atoms with van der Waals surface area (Å²) >= 11 is 0. The second-order valence-corrected chi connectivity index (χ2v) is 6.45. The lowest BCUT2D eigenvalue weighted by Crippen LogP contribution is -2.14. The van der Waals surface area contributed by atoms with Crippen molar-refractivity contribution in [3.8, 4) is 0 Å². The lowest BCUT2D eigenvalue weighted by Gasteiger charge is -2.16. The second-order valence-electron chi connectivity index (χ2n) is 6.45. The van der Waals surface area contributed by atoms with Crippen molar-refractivity contribution in [2.75, 3.05) is 20.2 Å². The number of hydrogen-bond donors (Lipinski definition) is 1. The van der Waals surface area contributed by atoms with Gasteiger partial charge in [0.15, 0.2) is 0 Å². The van der Waals surface area contributed by atoms with E-state index in [0.717, 1.165) is 25.8 Å². The monoisotopic (exact) mass is 313 g/mol. The van der Waals surface area contributed by atoms with Gasteiger partial charge in [-0.2, -0.15) is 0 Å². The van der Waals surface area contributed by atoms with Crippen molar-refractivity contribution >= 4 is 5.97 Å². The molecule has 0 spiro atoms. The van der Waals surface area contributed by atoms with Crippen LogP contribution in [0.1, 0.15) is 90.9 Å². The van der Waals surface area contributed by atoms with Crippen molar-refractivity contribution in [2.24, 2.45) is 5.92 Å². The molecule has 1 atom stereocenters. The average Bonchev–Trinajstić information content (AvgIpc) is 2.53. The topological polar surface area (TPSA) is 38.3 Å². The van der Waals surface area contributed by atoms with Crippen LogP contribution in [0.2, 0.25) is 0 Å². The molecule has 132 valence electrons. The maximum Gasteiger partial charge on any atom is 0.305 e. The Morgan fingerprint density at radius 2 is 1.59 bits per heavy atom. The summed E-state index contributed by atoms with van der Waals surface area (Å²) in [6.45, 7) is 6.14. The maximum absolute atomic E-state index is 11.8. The van der Waals surface area contributed by atoms with Crippen LogP contribution in [0, 0.1) is 5.92 Å². The Kier molecular flexibility index (Phi) is 16.4. The second kappa shape index (κ2) is 16.8. The molecule has 0 radical (unpaired) electrons. The number of ether oxygens (including phenoxy) is 1. The van der Waals surface area contributed by atoms with Crippen LogP contribution in [-0.4, -0.2) is 26.2 Å². The van der Waals surface area contributed by atoms with Gasteiger partial charge in [0.2, 0.25) is 0 Å². The van der Waals surface area contributed by atoms with Gasteiger partial charge in [0.1, 0.15) is 0 Å². The SMILES string of the molecule is CCCCCCC(CCCC)COC(=O)CCCCCNC. The fourth-order valence-corrected chi connectivity index (χ4v) is 2.69. The van der Waals surface area contributed by atoms with E-state index in [1.54, 1.807) is 0 Å². The summed E-state index contributed by atoms with van der Waals surface area (Å²) in [4.78, 5) is 11.8. The lowest BCUT2D eigenvalue weighted by molar-refractivity contribution is -0.145. The molecule has 0 aliphatic rings. The molecular weight excluding hydrogens is 274 g/mol. The zero-order valence-corrected chi connectivity index (χ0v) is 15.3. The first-order valence-corrected chi connectivity index (χ1v) is 9.54. The van der Waals surface area contributed by atoms with Gasteiger partial charge in [0.05, 0.1) is 6.61 Å². The van der Waals surface area contributed by atoms with Gasteiger partial charge in [-0.15, -0.1) is 0 Å². The predicted octanol–water partition coefficient (Wildman–Crippen LogP) is 5.09. The van der Waals surface area contributed by atoms with Gasteiger partial charge in [-0.25, -0.2) is 0 Å². The molecule has 0 aromatic heterocycles. The van der Waals surface area contributed by atoms with Crippen LogP contribution in [0.5, 0.6) is 0 Å². The summed E-state index contributed by atoms with van der Waals surface area (Å²) in [5.41, 5.74) is 0. The summed E-state index contributed by atoms with van der Waals surface area (Å²) in [5, 5.41) is 3.13. The predicted molar refractivity (Wildman–Crippen MR) is 95.1 cm³/mol. The van der Waals surface area contributed by atoms with Gasteiger partial charge >= 0.3 is 5.97 Å². The van der Waals surface area contributed by atoms with Crippen LogP contribution in [-0.2, 0) is 9.53 Å². The highest BCUT2D eigenvalue weighted by atomic mass is 16.5. The third kappa shape index (κ3) is 14.4. The van der Waals surface area contributed by atoms with E-state index in [0.29, 0.717) is 18.9 Å². The zero-order valence-electron chi connectivity index (χ0n) is 15.3. The van der Waals surface area contributed by atoms with Gasteiger partial charge < -0.3 is 10.1 Å². The third-order valence-corrected chi connectivity index (χ3v) is 4.22. The number of nitrogens with one attached hydrogen (secondary N) is 1. The first-order valence-electron chi connectivity index (χ1n) is 9.54. The highest BCUT2D eigenvalue weighted by molar-refractivity contribution is 5.69. The highest BCUT2D eigenvalue weighted by Crippen LogP contribution is 2.18. The molecule has 1 unspecified atom stereocenters. The quantitative estimate of drug-likeness (QED) is 0.319. The molecule has 22 heavy (non-hydrogen) atoms. The maximum atomic E-state index is 11.8.